The lowest BCUT2D eigenvalue weighted by molar-refractivity contribution is 0.592. The standard InChI is InChI=1S/C15H21FN4/c1-3-5-6-11(4-2)18-14-12-8-7-10(16)9-13(12)19-15(17)20-14/h7-9,11H,3-6H2,1-2H3,(H3,17,18,19,20)/t11-/m1/s1. The molecule has 0 saturated heterocycles. The number of nitrogens with two attached hydrogens (primary N) is 1. The summed E-state index contributed by atoms with van der Waals surface area (Å²) in [5.74, 6) is 0.533. The Bertz CT molecular complexity index is 580. The van der Waals surface area contributed by atoms with E-state index in [1.807, 2.05) is 0 Å². The second-order valence-electron chi connectivity index (χ2n) is 4.98. The Morgan fingerprint density at radius 3 is 2.80 bits per heavy atom. The predicted octanol–water partition coefficient (Wildman–Crippen LogP) is 3.73. The lowest BCUT2D eigenvalue weighted by Crippen LogP contribution is -2.19. The second kappa shape index (κ2) is 6.50. The summed E-state index contributed by atoms with van der Waals surface area (Å²) in [6, 6.07) is 4.84. The van der Waals surface area contributed by atoms with Gasteiger partial charge < -0.3 is 11.1 Å². The van der Waals surface area contributed by atoms with Gasteiger partial charge in [-0.2, -0.15) is 4.98 Å². The van der Waals surface area contributed by atoms with Crippen LogP contribution in [0.5, 0.6) is 0 Å². The molecule has 20 heavy (non-hydrogen) atoms. The van der Waals surface area contributed by atoms with Gasteiger partial charge in [-0.1, -0.05) is 26.7 Å². The Balaban J connectivity index is 2.32. The Morgan fingerprint density at radius 1 is 1.30 bits per heavy atom. The molecular formula is C15H21FN4. The van der Waals surface area contributed by atoms with E-state index in [1.54, 1.807) is 6.07 Å². The fraction of sp³-hybridized carbons (Fsp3) is 0.467. The summed E-state index contributed by atoms with van der Waals surface area (Å²) >= 11 is 0. The van der Waals surface area contributed by atoms with Crippen LogP contribution in [0.3, 0.4) is 0 Å². The summed E-state index contributed by atoms with van der Waals surface area (Å²) < 4.78 is 13.3. The number of hydrogen-bond acceptors (Lipinski definition) is 4. The molecule has 1 heterocycles. The van der Waals surface area contributed by atoms with Gasteiger partial charge in [0.2, 0.25) is 5.95 Å². The number of hydrogen-bond donors (Lipinski definition) is 2. The summed E-state index contributed by atoms with van der Waals surface area (Å²) in [7, 11) is 0. The van der Waals surface area contributed by atoms with Crippen LogP contribution in [0, 0.1) is 5.82 Å². The van der Waals surface area contributed by atoms with Gasteiger partial charge in [0.15, 0.2) is 0 Å². The van der Waals surface area contributed by atoms with Crippen molar-refractivity contribution in [1.29, 1.82) is 0 Å². The molecule has 0 bridgehead atoms. The first kappa shape index (κ1) is 14.5. The van der Waals surface area contributed by atoms with Crippen LogP contribution in [0.4, 0.5) is 16.2 Å². The highest BCUT2D eigenvalue weighted by Gasteiger charge is 2.11. The molecule has 3 N–H and O–H groups in total. The number of fused-ring (bicyclic) bond motifs is 1. The zero-order valence-electron chi connectivity index (χ0n) is 12.0. The average molecular weight is 276 g/mol. The quantitative estimate of drug-likeness (QED) is 0.843. The third-order valence-corrected chi connectivity index (χ3v) is 3.42. The van der Waals surface area contributed by atoms with Crippen LogP contribution in [0.2, 0.25) is 0 Å². The molecule has 1 atom stereocenters. The molecule has 2 rings (SSSR count). The molecule has 0 spiro atoms. The molecule has 0 radical (unpaired) electrons. The molecular weight excluding hydrogens is 255 g/mol. The molecule has 0 unspecified atom stereocenters. The molecule has 0 saturated carbocycles. The fourth-order valence-corrected chi connectivity index (χ4v) is 2.25. The number of unbranched alkanes of at least 4 members (excludes halogenated alkanes) is 1. The minimum atomic E-state index is -0.320. The summed E-state index contributed by atoms with van der Waals surface area (Å²) in [4.78, 5) is 8.34. The molecule has 0 fully saturated rings. The molecule has 5 heteroatoms. The number of nitrogens with zero attached hydrogens (tertiary/aromatic N) is 2. The Morgan fingerprint density at radius 2 is 2.10 bits per heavy atom. The van der Waals surface area contributed by atoms with Gasteiger partial charge in [-0.05, 0) is 25.0 Å². The smallest absolute Gasteiger partial charge is 0.222 e. The van der Waals surface area contributed by atoms with Crippen molar-refractivity contribution in [3.05, 3.63) is 24.0 Å². The number of benzene rings is 1. The zero-order chi connectivity index (χ0) is 14.5. The van der Waals surface area contributed by atoms with Crippen molar-refractivity contribution >= 4 is 22.7 Å². The highest BCUT2D eigenvalue weighted by Crippen LogP contribution is 2.23. The van der Waals surface area contributed by atoms with Gasteiger partial charge in [-0.3, -0.25) is 0 Å². The summed E-state index contributed by atoms with van der Waals surface area (Å²) in [6.45, 7) is 4.31. The predicted molar refractivity (Wildman–Crippen MR) is 81.1 cm³/mol. The van der Waals surface area contributed by atoms with Gasteiger partial charge in [-0.25, -0.2) is 9.37 Å². The number of nitrogen functional groups attached to an aromatic ring is 1. The normalized spacial score (nSPS) is 12.6. The van der Waals surface area contributed by atoms with E-state index in [-0.39, 0.29) is 11.8 Å². The summed E-state index contributed by atoms with van der Waals surface area (Å²) in [5.41, 5.74) is 6.24. The SMILES string of the molecule is CCCC[C@@H](CC)Nc1nc(N)nc2cc(F)ccc12. The van der Waals surface area contributed by atoms with Crippen LogP contribution >= 0.6 is 0 Å². The van der Waals surface area contributed by atoms with Crippen molar-refractivity contribution in [3.8, 4) is 0 Å². The van der Waals surface area contributed by atoms with E-state index in [0.717, 1.165) is 24.6 Å². The minimum absolute atomic E-state index is 0.163. The molecule has 0 aliphatic rings. The highest BCUT2D eigenvalue weighted by molar-refractivity contribution is 5.90. The molecule has 0 aliphatic carbocycles. The summed E-state index contributed by atoms with van der Waals surface area (Å²) in [5, 5.41) is 4.21. The van der Waals surface area contributed by atoms with E-state index in [1.165, 1.54) is 18.6 Å². The van der Waals surface area contributed by atoms with E-state index in [4.69, 9.17) is 5.73 Å². The second-order valence-corrected chi connectivity index (χ2v) is 4.98. The van der Waals surface area contributed by atoms with Crippen molar-refractivity contribution in [2.75, 3.05) is 11.1 Å². The molecule has 0 amide bonds. The molecule has 108 valence electrons. The van der Waals surface area contributed by atoms with Crippen LogP contribution in [0.1, 0.15) is 39.5 Å². The van der Waals surface area contributed by atoms with Gasteiger partial charge in [0.1, 0.15) is 11.6 Å². The molecule has 1 aromatic heterocycles. The van der Waals surface area contributed by atoms with E-state index in [2.05, 4.69) is 29.1 Å². The van der Waals surface area contributed by atoms with Crippen LogP contribution in [0.15, 0.2) is 18.2 Å². The highest BCUT2D eigenvalue weighted by atomic mass is 19.1. The van der Waals surface area contributed by atoms with Crippen LogP contribution < -0.4 is 11.1 Å². The number of halogens is 1. The third-order valence-electron chi connectivity index (χ3n) is 3.42. The lowest BCUT2D eigenvalue weighted by atomic mass is 10.1. The molecule has 2 aromatic rings. The molecule has 0 aliphatic heterocycles. The monoisotopic (exact) mass is 276 g/mol. The van der Waals surface area contributed by atoms with Gasteiger partial charge in [0, 0.05) is 17.5 Å². The largest absolute Gasteiger partial charge is 0.368 e. The van der Waals surface area contributed by atoms with E-state index in [0.29, 0.717) is 17.4 Å². The van der Waals surface area contributed by atoms with Gasteiger partial charge >= 0.3 is 0 Å². The van der Waals surface area contributed by atoms with Crippen molar-refractivity contribution in [1.82, 2.24) is 9.97 Å². The van der Waals surface area contributed by atoms with Crippen molar-refractivity contribution in [2.45, 2.75) is 45.6 Å². The summed E-state index contributed by atoms with van der Waals surface area (Å²) in [6.07, 6.45) is 4.42. The van der Waals surface area contributed by atoms with E-state index >= 15 is 0 Å². The number of nitrogens with one attached hydrogen (secondary N) is 1. The van der Waals surface area contributed by atoms with Crippen LogP contribution in [-0.4, -0.2) is 16.0 Å². The van der Waals surface area contributed by atoms with Crippen LogP contribution in [0.25, 0.3) is 10.9 Å². The lowest BCUT2D eigenvalue weighted by Gasteiger charge is -2.18. The Labute approximate surface area is 118 Å². The average Bonchev–Trinajstić information content (AvgIpc) is 2.42. The van der Waals surface area contributed by atoms with Crippen LogP contribution in [-0.2, 0) is 0 Å². The molecule has 1 aromatic carbocycles. The van der Waals surface area contributed by atoms with Crippen molar-refractivity contribution in [2.24, 2.45) is 0 Å². The van der Waals surface area contributed by atoms with E-state index in [9.17, 15) is 4.39 Å². The Hall–Kier alpha value is -1.91. The van der Waals surface area contributed by atoms with Gasteiger partial charge in [0.25, 0.3) is 0 Å². The molecule has 4 nitrogen and oxygen atoms in total. The third kappa shape index (κ3) is 3.35. The number of anilines is 2. The van der Waals surface area contributed by atoms with Gasteiger partial charge in [-0.15, -0.1) is 0 Å². The maximum Gasteiger partial charge on any atom is 0.222 e. The zero-order valence-corrected chi connectivity index (χ0v) is 12.0. The maximum atomic E-state index is 13.3. The fourth-order valence-electron chi connectivity index (χ4n) is 2.25. The maximum absolute atomic E-state index is 13.3. The minimum Gasteiger partial charge on any atom is -0.368 e. The Kier molecular flexibility index (Phi) is 4.71. The van der Waals surface area contributed by atoms with Crippen molar-refractivity contribution in [3.63, 3.8) is 0 Å². The van der Waals surface area contributed by atoms with E-state index < -0.39 is 0 Å². The number of rotatable bonds is 6. The first-order chi connectivity index (χ1) is 9.63. The first-order valence-corrected chi connectivity index (χ1v) is 7.13. The first-order valence-electron chi connectivity index (χ1n) is 7.13. The van der Waals surface area contributed by atoms with Crippen molar-refractivity contribution < 1.29 is 4.39 Å². The topological polar surface area (TPSA) is 63.8 Å². The number of aromatic nitrogens is 2. The van der Waals surface area contributed by atoms with Gasteiger partial charge in [0.05, 0.1) is 5.52 Å².